The third-order valence-electron chi connectivity index (χ3n) is 22.1. The highest BCUT2D eigenvalue weighted by Gasteiger charge is 2.70. The van der Waals surface area contributed by atoms with Crippen LogP contribution in [0.2, 0.25) is 0 Å². The van der Waals surface area contributed by atoms with Gasteiger partial charge in [-0.15, -0.1) is 0 Å². The molecule has 5 aliphatic heterocycles. The molecular formula is C57H90O25. The first-order valence-corrected chi connectivity index (χ1v) is 29.4. The normalized spacial score (nSPS) is 54.1. The molecule has 10 rings (SSSR count). The van der Waals surface area contributed by atoms with Crippen molar-refractivity contribution in [3.05, 3.63) is 23.8 Å². The van der Waals surface area contributed by atoms with Gasteiger partial charge < -0.3 is 119 Å². The van der Waals surface area contributed by atoms with E-state index in [9.17, 15) is 76.3 Å². The van der Waals surface area contributed by atoms with Crippen LogP contribution in [0.4, 0.5) is 0 Å². The fraction of sp³-hybridized carbons (Fsp3) is 0.912. The molecule has 0 amide bonds. The first-order valence-electron chi connectivity index (χ1n) is 29.4. The van der Waals surface area contributed by atoms with Crippen LogP contribution in [0.15, 0.2) is 23.8 Å². The summed E-state index contributed by atoms with van der Waals surface area (Å²) in [6, 6.07) is 0. The van der Waals surface area contributed by atoms with Crippen LogP contribution < -0.4 is 0 Å². The number of hydrogen-bond donors (Lipinski definition) is 14. The van der Waals surface area contributed by atoms with Crippen molar-refractivity contribution in [3.8, 4) is 0 Å². The Morgan fingerprint density at radius 3 is 1.93 bits per heavy atom. The summed E-state index contributed by atoms with van der Waals surface area (Å²) in [5.74, 6) is -0.592. The van der Waals surface area contributed by atoms with Gasteiger partial charge in [0.2, 0.25) is 6.29 Å². The van der Waals surface area contributed by atoms with Crippen LogP contribution in [-0.2, 0) is 52.2 Å². The first-order chi connectivity index (χ1) is 38.5. The largest absolute Gasteiger partial charge is 0.432 e. The van der Waals surface area contributed by atoms with E-state index in [-0.39, 0.29) is 47.2 Å². The Morgan fingerprint density at radius 2 is 1.23 bits per heavy atom. The Morgan fingerprint density at radius 1 is 0.610 bits per heavy atom. The number of fused-ring (bicyclic) bond motifs is 7. The smallest absolute Gasteiger partial charge is 0.315 e. The minimum atomic E-state index is -1.85. The Kier molecular flexibility index (Phi) is 18.1. The molecule has 0 aromatic heterocycles. The average molecular weight is 1180 g/mol. The molecule has 14 N–H and O–H groups in total. The van der Waals surface area contributed by atoms with E-state index in [4.69, 9.17) is 47.4 Å². The molecule has 468 valence electrons. The predicted octanol–water partition coefficient (Wildman–Crippen LogP) is -2.38. The minimum Gasteiger partial charge on any atom is -0.432 e. The number of rotatable bonds is 12. The molecule has 5 saturated heterocycles. The van der Waals surface area contributed by atoms with Crippen molar-refractivity contribution in [2.75, 3.05) is 26.4 Å². The number of allylic oxidation sites excluding steroid dienone is 3. The van der Waals surface area contributed by atoms with Crippen molar-refractivity contribution in [2.45, 2.75) is 253 Å². The number of hydrogen-bond acceptors (Lipinski definition) is 25. The molecule has 0 radical (unpaired) electrons. The molecule has 0 unspecified atom stereocenters. The lowest BCUT2D eigenvalue weighted by Crippen LogP contribution is -2.66. The van der Waals surface area contributed by atoms with E-state index < -0.39 is 177 Å². The van der Waals surface area contributed by atoms with Crippen molar-refractivity contribution in [2.24, 2.45) is 44.8 Å². The Labute approximate surface area is 476 Å². The quantitative estimate of drug-likeness (QED) is 0.0551. The molecule has 0 aromatic carbocycles. The van der Waals surface area contributed by atoms with Crippen LogP contribution in [0, 0.1) is 44.8 Å². The number of ether oxygens (including phenoxy) is 10. The highest BCUT2D eigenvalue weighted by atomic mass is 16.8. The van der Waals surface area contributed by atoms with E-state index in [1.165, 1.54) is 12.5 Å². The summed E-state index contributed by atoms with van der Waals surface area (Å²) in [5, 5.41) is 150. The summed E-state index contributed by atoms with van der Waals surface area (Å²) in [7, 11) is 0. The highest BCUT2D eigenvalue weighted by Crippen LogP contribution is 2.75. The fourth-order valence-corrected chi connectivity index (χ4v) is 16.8. The molecule has 0 aromatic rings. The second-order valence-corrected chi connectivity index (χ2v) is 26.8. The first kappa shape index (κ1) is 63.1. The minimum absolute atomic E-state index is 0.129. The zero-order valence-electron chi connectivity index (χ0n) is 47.5. The standard InChI is InChI=1S/C57H90O25/c1-23-10-15-57(52(72)82-49-43(70)40(67)38(65)30(78-49)22-75-47-42(69)39(66)37(64)29(19-58)77-47)17-16-55(6)25(26(57)18-23)8-9-32-54(5)13-12-33(53(3,4)31(54)11-14-56(32,55)7)79-51-46(36(63)28(60)21-74-51)81-50-44(71)45(34(61)24(2)76-50)80-48-41(68)35(62)27(59)20-73-48/h8,24,26-51,58-71H,1,9-22H2,2-7H3/t24-,26-,27-,28-,29+,30+,31-,32+,33-,34-,35-,36-,37+,38+,39-,40-,41+,42+,43+,44+,45+,46+,47+,48-,49-,50-,51-,54-,55+,56+,57-/m0/s1. The maximum atomic E-state index is 15.0. The summed E-state index contributed by atoms with van der Waals surface area (Å²) < 4.78 is 59.4. The highest BCUT2D eigenvalue weighted by molar-refractivity contribution is 5.79. The summed E-state index contributed by atoms with van der Waals surface area (Å²) in [6.45, 7) is 15.4. The van der Waals surface area contributed by atoms with E-state index in [0.717, 1.165) is 31.3 Å². The zero-order valence-corrected chi connectivity index (χ0v) is 47.5. The number of esters is 1. The van der Waals surface area contributed by atoms with Crippen LogP contribution >= 0.6 is 0 Å². The summed E-state index contributed by atoms with van der Waals surface area (Å²) in [4.78, 5) is 15.0. The van der Waals surface area contributed by atoms with Gasteiger partial charge in [0.05, 0.1) is 44.1 Å². The van der Waals surface area contributed by atoms with Gasteiger partial charge in [0.15, 0.2) is 25.2 Å². The summed E-state index contributed by atoms with van der Waals surface area (Å²) in [6.07, 6.45) is -27.5. The predicted molar refractivity (Wildman–Crippen MR) is 277 cm³/mol. The summed E-state index contributed by atoms with van der Waals surface area (Å²) in [5.41, 5.74) is -0.171. The van der Waals surface area contributed by atoms with Gasteiger partial charge in [-0.1, -0.05) is 58.4 Å². The van der Waals surface area contributed by atoms with Crippen molar-refractivity contribution in [1.82, 2.24) is 0 Å². The van der Waals surface area contributed by atoms with Gasteiger partial charge in [0, 0.05) is 5.92 Å². The maximum Gasteiger partial charge on any atom is 0.315 e. The van der Waals surface area contributed by atoms with Crippen molar-refractivity contribution >= 4 is 5.97 Å². The molecule has 25 heteroatoms. The van der Waals surface area contributed by atoms with Crippen molar-refractivity contribution in [3.63, 3.8) is 0 Å². The van der Waals surface area contributed by atoms with Gasteiger partial charge in [0.25, 0.3) is 0 Å². The van der Waals surface area contributed by atoms with E-state index in [1.807, 2.05) is 0 Å². The molecule has 10 aliphatic rings. The monoisotopic (exact) mass is 1170 g/mol. The van der Waals surface area contributed by atoms with Crippen molar-refractivity contribution < 1.29 is 124 Å². The average Bonchev–Trinajstić information content (AvgIpc) is 0.767. The van der Waals surface area contributed by atoms with Crippen LogP contribution in [0.3, 0.4) is 0 Å². The SMILES string of the molecule is C=C1CC[C@]2(C(=O)O[C@@H]3O[C@H](CO[C@@H]4O[C@H](CO)[C@@H](O)[C@H](O)[C@H]4O)[C@@H](O)[C@H](O)[C@H]3O)CC[C@]3(C)C(=CC[C@@H]4[C@@]5(C)CC[C@H](O[C@@H]6OC[C@H](O)[C@H](O)[C@H]6O[C@@H]6O[C@@H](C)[C@H](O)[C@@H](O[C@@H]7OC[C@H](O)[C@H](O)[C@H]7O)[C@H]6O)C(C)(C)[C@@H]5CC[C@]43C)[C@@H]2C1. The molecule has 9 fully saturated rings. The molecule has 82 heavy (non-hydrogen) atoms. The van der Waals surface area contributed by atoms with E-state index in [0.29, 0.717) is 38.5 Å². The lowest BCUT2D eigenvalue weighted by Gasteiger charge is -2.71. The third-order valence-corrected chi connectivity index (χ3v) is 22.1. The second kappa shape index (κ2) is 23.5. The number of carbonyl (C=O) groups is 1. The van der Waals surface area contributed by atoms with E-state index in [1.54, 1.807) is 0 Å². The van der Waals surface area contributed by atoms with Gasteiger partial charge in [-0.05, 0) is 105 Å². The Bertz CT molecular complexity index is 2310. The number of carbonyl (C=O) groups excluding carboxylic acids is 1. The van der Waals surface area contributed by atoms with Gasteiger partial charge >= 0.3 is 5.97 Å². The molecule has 31 atom stereocenters. The number of aliphatic hydroxyl groups is 14. The molecule has 5 heterocycles. The molecular weight excluding hydrogens is 1080 g/mol. The Hall–Kier alpha value is -1.97. The van der Waals surface area contributed by atoms with Gasteiger partial charge in [0.1, 0.15) is 104 Å². The molecule has 0 bridgehead atoms. The lowest BCUT2D eigenvalue weighted by molar-refractivity contribution is -0.378. The molecule has 0 spiro atoms. The topological polar surface area (TPSA) is 393 Å². The Balaban J connectivity index is 0.831. The maximum absolute atomic E-state index is 15.0. The van der Waals surface area contributed by atoms with Gasteiger partial charge in [-0.25, -0.2) is 0 Å². The van der Waals surface area contributed by atoms with E-state index >= 15 is 0 Å². The number of aliphatic hydroxyl groups excluding tert-OH is 14. The summed E-state index contributed by atoms with van der Waals surface area (Å²) >= 11 is 0. The van der Waals surface area contributed by atoms with E-state index in [2.05, 4.69) is 47.3 Å². The van der Waals surface area contributed by atoms with Crippen LogP contribution in [-0.4, -0.2) is 251 Å². The van der Waals surface area contributed by atoms with Gasteiger partial charge in [-0.3, -0.25) is 4.79 Å². The fourth-order valence-electron chi connectivity index (χ4n) is 16.8. The lowest BCUT2D eigenvalue weighted by atomic mass is 9.34. The second-order valence-electron chi connectivity index (χ2n) is 26.8. The van der Waals surface area contributed by atoms with Crippen molar-refractivity contribution in [1.29, 1.82) is 0 Å². The third kappa shape index (κ3) is 10.5. The molecule has 5 aliphatic carbocycles. The molecule has 25 nitrogen and oxygen atoms in total. The van der Waals surface area contributed by atoms with Crippen LogP contribution in [0.25, 0.3) is 0 Å². The van der Waals surface area contributed by atoms with Crippen LogP contribution in [0.1, 0.15) is 106 Å². The van der Waals surface area contributed by atoms with Crippen LogP contribution in [0.5, 0.6) is 0 Å². The zero-order chi connectivity index (χ0) is 59.5. The molecule has 4 saturated carbocycles. The van der Waals surface area contributed by atoms with Gasteiger partial charge in [-0.2, -0.15) is 0 Å².